The zero-order chi connectivity index (χ0) is 14.9. The van der Waals surface area contributed by atoms with Crippen LogP contribution in [0.5, 0.6) is 0 Å². The molecule has 108 valence electrons. The molecule has 0 fully saturated rings. The third-order valence-corrected chi connectivity index (χ3v) is 4.63. The van der Waals surface area contributed by atoms with E-state index in [1.54, 1.807) is 19.1 Å². The van der Waals surface area contributed by atoms with Crippen molar-refractivity contribution in [1.29, 1.82) is 0 Å². The Hall–Kier alpha value is -2.09. The minimum absolute atomic E-state index is 0.270. The number of nitrogens with one attached hydrogen (secondary N) is 1. The molecule has 2 aromatic rings. The van der Waals surface area contributed by atoms with Gasteiger partial charge in [0.2, 0.25) is 15.7 Å². The first kappa shape index (κ1) is 14.3. The van der Waals surface area contributed by atoms with Crippen LogP contribution < -0.4 is 11.1 Å². The summed E-state index contributed by atoms with van der Waals surface area (Å²) in [5.41, 5.74) is 6.67. The molecule has 0 bridgehead atoms. The van der Waals surface area contributed by atoms with Crippen molar-refractivity contribution in [1.82, 2.24) is 10.3 Å². The molecule has 1 atom stereocenters. The summed E-state index contributed by atoms with van der Waals surface area (Å²) >= 11 is 0. The topological polar surface area (TPSA) is 115 Å². The molecule has 1 aromatic heterocycles. The van der Waals surface area contributed by atoms with Crippen LogP contribution in [0.3, 0.4) is 0 Å². The Bertz CT molecular complexity index is 751. The van der Waals surface area contributed by atoms with E-state index in [0.717, 1.165) is 0 Å². The number of carbonyl (C=O) groups is 1. The standard InChI is InChI=1S/C12H15N3O4S/c1-3-14-11(16)7(2)20(17,18)12-15-9-5-4-8(13)6-10(9)19-12/h4-7H,3,13H2,1-2H3,(H,14,16). The highest BCUT2D eigenvalue weighted by atomic mass is 32.2. The quantitative estimate of drug-likeness (QED) is 0.803. The van der Waals surface area contributed by atoms with Crippen LogP contribution >= 0.6 is 0 Å². The third kappa shape index (κ3) is 2.46. The Morgan fingerprint density at radius 2 is 2.20 bits per heavy atom. The van der Waals surface area contributed by atoms with Gasteiger partial charge in [-0.3, -0.25) is 4.79 Å². The third-order valence-electron chi connectivity index (χ3n) is 2.82. The summed E-state index contributed by atoms with van der Waals surface area (Å²) in [7, 11) is -3.97. The van der Waals surface area contributed by atoms with E-state index in [9.17, 15) is 13.2 Å². The minimum atomic E-state index is -3.97. The minimum Gasteiger partial charge on any atom is -0.428 e. The van der Waals surface area contributed by atoms with Crippen LogP contribution in [-0.2, 0) is 14.6 Å². The van der Waals surface area contributed by atoms with Crippen LogP contribution in [0.1, 0.15) is 13.8 Å². The van der Waals surface area contributed by atoms with Gasteiger partial charge < -0.3 is 15.5 Å². The van der Waals surface area contributed by atoms with Gasteiger partial charge in [0.25, 0.3) is 0 Å². The van der Waals surface area contributed by atoms with Crippen LogP contribution in [0.2, 0.25) is 0 Å². The fourth-order valence-corrected chi connectivity index (χ4v) is 2.75. The zero-order valence-corrected chi connectivity index (χ0v) is 11.9. The summed E-state index contributed by atoms with van der Waals surface area (Å²) < 4.78 is 29.7. The zero-order valence-electron chi connectivity index (χ0n) is 11.1. The van der Waals surface area contributed by atoms with Crippen LogP contribution in [0.4, 0.5) is 5.69 Å². The normalized spacial score (nSPS) is 13.3. The van der Waals surface area contributed by atoms with Gasteiger partial charge in [-0.15, -0.1) is 0 Å². The number of amides is 1. The average Bonchev–Trinajstić information content (AvgIpc) is 2.81. The smallest absolute Gasteiger partial charge is 0.316 e. The number of hydrogen-bond donors (Lipinski definition) is 2. The molecule has 2 rings (SSSR count). The molecule has 0 spiro atoms. The van der Waals surface area contributed by atoms with Crippen LogP contribution in [-0.4, -0.2) is 31.1 Å². The number of rotatable bonds is 4. The molecule has 7 nitrogen and oxygen atoms in total. The van der Waals surface area contributed by atoms with E-state index in [-0.39, 0.29) is 5.58 Å². The van der Waals surface area contributed by atoms with Crippen molar-refractivity contribution >= 4 is 32.5 Å². The molecular formula is C12H15N3O4S. The lowest BCUT2D eigenvalue weighted by molar-refractivity contribution is -0.120. The van der Waals surface area contributed by atoms with Gasteiger partial charge in [-0.2, -0.15) is 4.98 Å². The summed E-state index contributed by atoms with van der Waals surface area (Å²) in [6.07, 6.45) is 0. The van der Waals surface area contributed by atoms with Gasteiger partial charge in [0.05, 0.1) is 0 Å². The number of sulfone groups is 1. The Morgan fingerprint density at radius 3 is 2.85 bits per heavy atom. The van der Waals surface area contributed by atoms with Crippen LogP contribution in [0, 0.1) is 0 Å². The summed E-state index contributed by atoms with van der Waals surface area (Å²) in [5.74, 6) is -0.589. The Labute approximate surface area is 116 Å². The van der Waals surface area contributed by atoms with Crippen molar-refractivity contribution in [3.05, 3.63) is 18.2 Å². The molecule has 3 N–H and O–H groups in total. The van der Waals surface area contributed by atoms with Crippen LogP contribution in [0.15, 0.2) is 27.8 Å². The molecule has 8 heteroatoms. The van der Waals surface area contributed by atoms with Crippen molar-refractivity contribution in [2.45, 2.75) is 24.3 Å². The second-order valence-corrected chi connectivity index (χ2v) is 6.44. The predicted octanol–water partition coefficient (Wildman–Crippen LogP) is 0.708. The monoisotopic (exact) mass is 297 g/mol. The van der Waals surface area contributed by atoms with E-state index >= 15 is 0 Å². The lowest BCUT2D eigenvalue weighted by Crippen LogP contribution is -2.37. The van der Waals surface area contributed by atoms with E-state index < -0.39 is 26.2 Å². The highest BCUT2D eigenvalue weighted by Crippen LogP contribution is 2.23. The predicted molar refractivity (Wildman–Crippen MR) is 73.8 cm³/mol. The molecule has 0 saturated carbocycles. The first-order valence-corrected chi connectivity index (χ1v) is 7.58. The van der Waals surface area contributed by atoms with Crippen molar-refractivity contribution in [2.24, 2.45) is 0 Å². The second kappa shape index (κ2) is 5.12. The van der Waals surface area contributed by atoms with Gasteiger partial charge in [-0.25, -0.2) is 8.42 Å². The molecule has 0 radical (unpaired) electrons. The molecule has 0 aliphatic heterocycles. The largest absolute Gasteiger partial charge is 0.428 e. The van der Waals surface area contributed by atoms with E-state index in [4.69, 9.17) is 10.2 Å². The maximum absolute atomic E-state index is 12.3. The SMILES string of the molecule is CCNC(=O)C(C)S(=O)(=O)c1nc2ccc(N)cc2o1. The lowest BCUT2D eigenvalue weighted by Gasteiger charge is -2.09. The van der Waals surface area contributed by atoms with Gasteiger partial charge in [-0.1, -0.05) is 0 Å². The molecular weight excluding hydrogens is 282 g/mol. The second-order valence-electron chi connectivity index (χ2n) is 4.29. The molecule has 0 aliphatic rings. The molecule has 1 amide bonds. The molecule has 0 aliphatic carbocycles. The van der Waals surface area contributed by atoms with E-state index in [1.165, 1.54) is 13.0 Å². The fraction of sp³-hybridized carbons (Fsp3) is 0.333. The number of oxazole rings is 1. The Balaban J connectivity index is 2.43. The number of fused-ring (bicyclic) bond motifs is 1. The van der Waals surface area contributed by atoms with Crippen LogP contribution in [0.25, 0.3) is 11.1 Å². The van der Waals surface area contributed by atoms with Gasteiger partial charge >= 0.3 is 5.22 Å². The number of hydrogen-bond acceptors (Lipinski definition) is 6. The number of aromatic nitrogens is 1. The van der Waals surface area contributed by atoms with E-state index in [2.05, 4.69) is 10.3 Å². The first-order chi connectivity index (χ1) is 9.36. The fourth-order valence-electron chi connectivity index (χ4n) is 1.65. The molecule has 20 heavy (non-hydrogen) atoms. The number of carbonyl (C=O) groups excluding carboxylic acids is 1. The van der Waals surface area contributed by atoms with Gasteiger partial charge in [0.15, 0.2) is 5.58 Å². The first-order valence-electron chi connectivity index (χ1n) is 6.04. The summed E-state index contributed by atoms with van der Waals surface area (Å²) in [6.45, 7) is 3.35. The summed E-state index contributed by atoms with van der Waals surface area (Å²) in [6, 6.07) is 4.64. The maximum atomic E-state index is 12.3. The lowest BCUT2D eigenvalue weighted by atomic mass is 10.3. The van der Waals surface area contributed by atoms with E-state index in [0.29, 0.717) is 17.7 Å². The number of benzene rings is 1. The Kier molecular flexibility index (Phi) is 3.67. The highest BCUT2D eigenvalue weighted by Gasteiger charge is 2.34. The van der Waals surface area contributed by atoms with Crippen molar-refractivity contribution in [2.75, 3.05) is 12.3 Å². The number of anilines is 1. The van der Waals surface area contributed by atoms with Crippen molar-refractivity contribution in [3.63, 3.8) is 0 Å². The summed E-state index contributed by atoms with van der Waals surface area (Å²) in [5, 5.41) is 0.711. The molecule has 1 unspecified atom stereocenters. The van der Waals surface area contributed by atoms with Crippen molar-refractivity contribution < 1.29 is 17.6 Å². The average molecular weight is 297 g/mol. The molecule has 1 heterocycles. The van der Waals surface area contributed by atoms with E-state index in [1.807, 2.05) is 0 Å². The number of nitrogens with two attached hydrogens (primary N) is 1. The highest BCUT2D eigenvalue weighted by molar-refractivity contribution is 7.92. The number of nitrogen functional groups attached to an aromatic ring is 1. The maximum Gasteiger partial charge on any atom is 0.316 e. The molecule has 1 aromatic carbocycles. The van der Waals surface area contributed by atoms with Crippen molar-refractivity contribution in [3.8, 4) is 0 Å². The molecule has 0 saturated heterocycles. The number of nitrogens with zero attached hydrogens (tertiary/aromatic N) is 1. The Morgan fingerprint density at radius 1 is 1.50 bits per heavy atom. The summed E-state index contributed by atoms with van der Waals surface area (Å²) in [4.78, 5) is 15.6. The van der Waals surface area contributed by atoms with Gasteiger partial charge in [0, 0.05) is 18.3 Å². The van der Waals surface area contributed by atoms with Gasteiger partial charge in [0.1, 0.15) is 10.8 Å². The van der Waals surface area contributed by atoms with Gasteiger partial charge in [-0.05, 0) is 26.0 Å².